The van der Waals surface area contributed by atoms with Crippen LogP contribution in [0.25, 0.3) is 0 Å². The summed E-state index contributed by atoms with van der Waals surface area (Å²) < 4.78 is 5.65. The maximum absolute atomic E-state index is 13.2. The van der Waals surface area contributed by atoms with Crippen LogP contribution in [-0.4, -0.2) is 59.4 Å². The van der Waals surface area contributed by atoms with Gasteiger partial charge in [0.25, 0.3) is 17.5 Å². The average Bonchev–Trinajstić information content (AvgIpc) is 3.38. The SMILES string of the molecule is CC(C)(C)c1ccc2c(c1)N(Cc1nc(C(=O)N3CCN(c4ccc([N+](=O)[O-])cc4)CC3)cs1)C(=O)CO2. The molecule has 5 rings (SSSR count). The Morgan fingerprint density at radius 3 is 2.47 bits per heavy atom. The third-order valence-electron chi connectivity index (χ3n) is 6.82. The van der Waals surface area contributed by atoms with E-state index in [4.69, 9.17) is 4.74 Å². The number of thiazole rings is 1. The number of hydrogen-bond donors (Lipinski definition) is 0. The number of ether oxygens (including phenoxy) is 1. The van der Waals surface area contributed by atoms with Crippen molar-refractivity contribution in [3.8, 4) is 5.75 Å². The Morgan fingerprint density at radius 1 is 1.11 bits per heavy atom. The molecule has 0 unspecified atom stereocenters. The molecule has 1 fully saturated rings. The minimum atomic E-state index is -0.417. The molecule has 0 radical (unpaired) electrons. The Balaban J connectivity index is 1.24. The second kappa shape index (κ2) is 10.1. The zero-order valence-corrected chi connectivity index (χ0v) is 22.4. The molecule has 11 heteroatoms. The number of nitrogens with zero attached hydrogens (tertiary/aromatic N) is 5. The highest BCUT2D eigenvalue weighted by Crippen LogP contribution is 2.37. The van der Waals surface area contributed by atoms with E-state index in [0.717, 1.165) is 16.9 Å². The lowest BCUT2D eigenvalue weighted by atomic mass is 9.86. The van der Waals surface area contributed by atoms with Gasteiger partial charge in [-0.15, -0.1) is 11.3 Å². The summed E-state index contributed by atoms with van der Waals surface area (Å²) in [5, 5.41) is 13.3. The predicted molar refractivity (Wildman–Crippen MR) is 145 cm³/mol. The van der Waals surface area contributed by atoms with Crippen molar-refractivity contribution in [1.82, 2.24) is 9.88 Å². The van der Waals surface area contributed by atoms with E-state index in [1.165, 1.54) is 23.5 Å². The lowest BCUT2D eigenvalue weighted by molar-refractivity contribution is -0.384. The second-order valence-electron chi connectivity index (χ2n) is 10.4. The van der Waals surface area contributed by atoms with E-state index >= 15 is 0 Å². The summed E-state index contributed by atoms with van der Waals surface area (Å²) in [5.41, 5.74) is 3.06. The van der Waals surface area contributed by atoms with Gasteiger partial charge in [-0.2, -0.15) is 0 Å². The summed E-state index contributed by atoms with van der Waals surface area (Å²) in [7, 11) is 0. The summed E-state index contributed by atoms with van der Waals surface area (Å²) in [6.07, 6.45) is 0. The lowest BCUT2D eigenvalue weighted by Crippen LogP contribution is -2.48. The number of aromatic nitrogens is 1. The Bertz CT molecular complexity index is 1370. The maximum Gasteiger partial charge on any atom is 0.273 e. The average molecular weight is 536 g/mol. The van der Waals surface area contributed by atoms with Crippen molar-refractivity contribution in [3.63, 3.8) is 0 Å². The molecule has 38 heavy (non-hydrogen) atoms. The van der Waals surface area contributed by atoms with Gasteiger partial charge in [0.1, 0.15) is 16.5 Å². The van der Waals surface area contributed by atoms with E-state index in [0.29, 0.717) is 42.6 Å². The summed E-state index contributed by atoms with van der Waals surface area (Å²) in [6, 6.07) is 12.4. The summed E-state index contributed by atoms with van der Waals surface area (Å²) in [6.45, 7) is 8.89. The molecule has 2 amide bonds. The van der Waals surface area contributed by atoms with E-state index in [9.17, 15) is 19.7 Å². The van der Waals surface area contributed by atoms with Gasteiger partial charge in [-0.1, -0.05) is 26.8 Å². The zero-order chi connectivity index (χ0) is 27.0. The molecule has 0 atom stereocenters. The Hall–Kier alpha value is -3.99. The van der Waals surface area contributed by atoms with Crippen molar-refractivity contribution < 1.29 is 19.2 Å². The third-order valence-corrected chi connectivity index (χ3v) is 7.66. The van der Waals surface area contributed by atoms with Crippen LogP contribution in [0.15, 0.2) is 47.8 Å². The van der Waals surface area contributed by atoms with E-state index in [1.54, 1.807) is 27.3 Å². The highest BCUT2D eigenvalue weighted by atomic mass is 32.1. The number of nitro benzene ring substituents is 1. The lowest BCUT2D eigenvalue weighted by Gasteiger charge is -2.35. The Morgan fingerprint density at radius 2 is 1.82 bits per heavy atom. The summed E-state index contributed by atoms with van der Waals surface area (Å²) in [5.74, 6) is 0.380. The molecule has 2 aromatic carbocycles. The molecule has 0 aliphatic carbocycles. The molecule has 1 aromatic heterocycles. The monoisotopic (exact) mass is 535 g/mol. The highest BCUT2D eigenvalue weighted by Gasteiger charge is 2.29. The summed E-state index contributed by atoms with van der Waals surface area (Å²) in [4.78, 5) is 46.5. The first-order chi connectivity index (χ1) is 18.1. The molecule has 198 valence electrons. The van der Waals surface area contributed by atoms with Crippen molar-refractivity contribution in [2.75, 3.05) is 42.6 Å². The zero-order valence-electron chi connectivity index (χ0n) is 21.5. The number of fused-ring (bicyclic) bond motifs is 1. The number of anilines is 2. The third kappa shape index (κ3) is 5.19. The number of piperazine rings is 1. The first-order valence-electron chi connectivity index (χ1n) is 12.4. The van der Waals surface area contributed by atoms with Crippen molar-refractivity contribution >= 4 is 40.2 Å². The van der Waals surface area contributed by atoms with Gasteiger partial charge in [0.15, 0.2) is 6.61 Å². The quantitative estimate of drug-likeness (QED) is 0.355. The molecule has 2 aliphatic heterocycles. The van der Waals surface area contributed by atoms with Crippen LogP contribution < -0.4 is 14.5 Å². The molecule has 10 nitrogen and oxygen atoms in total. The van der Waals surface area contributed by atoms with Crippen LogP contribution in [0, 0.1) is 10.1 Å². The molecule has 3 heterocycles. The molecule has 2 aliphatic rings. The van der Waals surface area contributed by atoms with Crippen molar-refractivity contribution in [2.24, 2.45) is 0 Å². The minimum absolute atomic E-state index is 0.0297. The van der Waals surface area contributed by atoms with Crippen LogP contribution in [0.1, 0.15) is 41.8 Å². The fourth-order valence-corrected chi connectivity index (χ4v) is 5.33. The standard InChI is InChI=1S/C27H29N5O5S/c1-27(2,3)18-4-9-23-22(14-18)31(25(33)16-37-23)15-24-28-21(17-38-24)26(34)30-12-10-29(11-13-30)19-5-7-20(8-6-19)32(35)36/h4-9,14,17H,10-13,15-16H2,1-3H3. The number of rotatable bonds is 5. The van der Waals surface area contributed by atoms with Gasteiger partial charge < -0.3 is 14.5 Å². The predicted octanol–water partition coefficient (Wildman–Crippen LogP) is 4.24. The molecular formula is C27H29N5O5S. The van der Waals surface area contributed by atoms with E-state index in [2.05, 4.69) is 30.7 Å². The smallest absolute Gasteiger partial charge is 0.273 e. The van der Waals surface area contributed by atoms with Gasteiger partial charge in [0.05, 0.1) is 17.2 Å². The molecule has 0 bridgehead atoms. The topological polar surface area (TPSA) is 109 Å². The van der Waals surface area contributed by atoms with Gasteiger partial charge in [-0.3, -0.25) is 24.6 Å². The Kier molecular flexibility index (Phi) is 6.78. The first-order valence-corrected chi connectivity index (χ1v) is 13.3. The number of carbonyl (C=O) groups excluding carboxylic acids is 2. The van der Waals surface area contributed by atoms with Gasteiger partial charge >= 0.3 is 0 Å². The largest absolute Gasteiger partial charge is 0.482 e. The first kappa shape index (κ1) is 25.7. The summed E-state index contributed by atoms with van der Waals surface area (Å²) >= 11 is 1.36. The van der Waals surface area contributed by atoms with E-state index in [1.807, 2.05) is 18.2 Å². The minimum Gasteiger partial charge on any atom is -0.482 e. The highest BCUT2D eigenvalue weighted by molar-refractivity contribution is 7.09. The van der Waals surface area contributed by atoms with Crippen LogP contribution >= 0.6 is 11.3 Å². The van der Waals surface area contributed by atoms with E-state index < -0.39 is 4.92 Å². The number of benzene rings is 2. The number of amides is 2. The fraction of sp³-hybridized carbons (Fsp3) is 0.370. The molecule has 0 spiro atoms. The Labute approximate surface area is 224 Å². The normalized spacial score (nSPS) is 15.8. The number of hydrogen-bond acceptors (Lipinski definition) is 8. The van der Waals surface area contributed by atoms with Crippen LogP contribution in [0.4, 0.5) is 17.1 Å². The maximum atomic E-state index is 13.2. The molecule has 0 saturated carbocycles. The van der Waals surface area contributed by atoms with Crippen LogP contribution in [0.5, 0.6) is 5.75 Å². The van der Waals surface area contributed by atoms with Crippen LogP contribution in [0.3, 0.4) is 0 Å². The number of non-ortho nitro benzene ring substituents is 1. The van der Waals surface area contributed by atoms with Crippen molar-refractivity contribution in [2.45, 2.75) is 32.7 Å². The van der Waals surface area contributed by atoms with Crippen LogP contribution in [-0.2, 0) is 16.8 Å². The number of nitro groups is 1. The molecule has 3 aromatic rings. The van der Waals surface area contributed by atoms with E-state index in [-0.39, 0.29) is 36.1 Å². The van der Waals surface area contributed by atoms with Crippen molar-refractivity contribution in [3.05, 3.63) is 74.2 Å². The number of carbonyl (C=O) groups is 2. The van der Waals surface area contributed by atoms with Gasteiger partial charge in [0, 0.05) is 49.4 Å². The fourth-order valence-electron chi connectivity index (χ4n) is 4.57. The second-order valence-corrected chi connectivity index (χ2v) is 11.3. The van der Waals surface area contributed by atoms with Gasteiger partial charge in [0.2, 0.25) is 0 Å². The molecule has 0 N–H and O–H groups in total. The van der Waals surface area contributed by atoms with Gasteiger partial charge in [-0.25, -0.2) is 4.98 Å². The molecule has 1 saturated heterocycles. The van der Waals surface area contributed by atoms with Gasteiger partial charge in [-0.05, 0) is 35.2 Å². The van der Waals surface area contributed by atoms with Crippen molar-refractivity contribution in [1.29, 1.82) is 0 Å². The molecular weight excluding hydrogens is 506 g/mol. The van der Waals surface area contributed by atoms with Crippen LogP contribution in [0.2, 0.25) is 0 Å².